The molecule has 0 bridgehead atoms. The summed E-state index contributed by atoms with van der Waals surface area (Å²) >= 11 is 0. The first-order valence-corrected chi connectivity index (χ1v) is 7.74. The fourth-order valence-electron chi connectivity index (χ4n) is 2.25. The summed E-state index contributed by atoms with van der Waals surface area (Å²) in [5.41, 5.74) is 8.52. The lowest BCUT2D eigenvalue weighted by Gasteiger charge is -2.21. The van der Waals surface area contributed by atoms with Crippen LogP contribution in [0.3, 0.4) is 0 Å². The molecular formula is C17H28ClN3O2. The number of amides is 2. The van der Waals surface area contributed by atoms with Crippen LogP contribution < -0.4 is 11.1 Å². The largest absolute Gasteiger partial charge is 0.334 e. The lowest BCUT2D eigenvalue weighted by atomic mass is 10.1. The maximum absolute atomic E-state index is 12.2. The van der Waals surface area contributed by atoms with Gasteiger partial charge in [-0.05, 0) is 45.2 Å². The van der Waals surface area contributed by atoms with Gasteiger partial charge in [-0.3, -0.25) is 9.59 Å². The number of nitrogens with two attached hydrogens (primary N) is 1. The molecule has 3 N–H and O–H groups in total. The van der Waals surface area contributed by atoms with Gasteiger partial charge in [0.2, 0.25) is 11.8 Å². The van der Waals surface area contributed by atoms with E-state index in [1.54, 1.807) is 4.90 Å². The molecule has 0 aliphatic rings. The maximum Gasteiger partial charge on any atom is 0.244 e. The van der Waals surface area contributed by atoms with Gasteiger partial charge in [0.25, 0.3) is 0 Å². The van der Waals surface area contributed by atoms with Gasteiger partial charge in [-0.2, -0.15) is 0 Å². The lowest BCUT2D eigenvalue weighted by Crippen LogP contribution is -2.38. The van der Waals surface area contributed by atoms with E-state index in [1.807, 2.05) is 45.9 Å². The summed E-state index contributed by atoms with van der Waals surface area (Å²) in [5, 5.41) is 2.91. The molecule has 0 saturated heterocycles. The quantitative estimate of drug-likeness (QED) is 0.800. The Bertz CT molecular complexity index is 512. The number of anilines is 1. The Labute approximate surface area is 145 Å². The molecule has 1 unspecified atom stereocenters. The molecule has 2 amide bonds. The van der Waals surface area contributed by atoms with Gasteiger partial charge in [0.05, 0.1) is 6.54 Å². The van der Waals surface area contributed by atoms with Crippen LogP contribution in [0.4, 0.5) is 5.69 Å². The number of aryl methyl sites for hydroxylation is 2. The van der Waals surface area contributed by atoms with E-state index in [-0.39, 0.29) is 36.8 Å². The van der Waals surface area contributed by atoms with Gasteiger partial charge in [-0.1, -0.05) is 18.2 Å². The zero-order valence-corrected chi connectivity index (χ0v) is 15.2. The second-order valence-electron chi connectivity index (χ2n) is 5.74. The smallest absolute Gasteiger partial charge is 0.244 e. The number of nitrogens with one attached hydrogen (secondary N) is 1. The van der Waals surface area contributed by atoms with Crippen molar-refractivity contribution in [2.75, 3.05) is 18.4 Å². The molecule has 130 valence electrons. The summed E-state index contributed by atoms with van der Waals surface area (Å²) in [5.74, 6) is -0.204. The molecule has 0 fully saturated rings. The molecule has 1 atom stereocenters. The second kappa shape index (κ2) is 10.2. The molecule has 0 aromatic heterocycles. The van der Waals surface area contributed by atoms with Crippen molar-refractivity contribution < 1.29 is 9.59 Å². The molecule has 1 aromatic carbocycles. The van der Waals surface area contributed by atoms with Crippen LogP contribution in [-0.4, -0.2) is 35.8 Å². The molecule has 0 aliphatic heterocycles. The number of likely N-dealkylation sites (N-methyl/N-ethyl adjacent to an activating group) is 1. The van der Waals surface area contributed by atoms with Crippen molar-refractivity contribution in [3.05, 3.63) is 29.3 Å². The third-order valence-corrected chi connectivity index (χ3v) is 3.63. The van der Waals surface area contributed by atoms with E-state index >= 15 is 0 Å². The minimum atomic E-state index is -0.173. The van der Waals surface area contributed by atoms with Crippen molar-refractivity contribution in [3.63, 3.8) is 0 Å². The van der Waals surface area contributed by atoms with E-state index in [1.165, 1.54) is 0 Å². The van der Waals surface area contributed by atoms with Crippen LogP contribution in [0.15, 0.2) is 18.2 Å². The molecule has 0 radical (unpaired) electrons. The highest BCUT2D eigenvalue weighted by Crippen LogP contribution is 2.19. The highest BCUT2D eigenvalue weighted by atomic mass is 35.5. The van der Waals surface area contributed by atoms with Crippen molar-refractivity contribution in [1.29, 1.82) is 0 Å². The Kier molecular flexibility index (Phi) is 9.53. The fraction of sp³-hybridized carbons (Fsp3) is 0.529. The number of nitrogens with zero attached hydrogens (tertiary/aromatic N) is 1. The molecule has 0 heterocycles. The molecule has 1 rings (SSSR count). The van der Waals surface area contributed by atoms with Crippen molar-refractivity contribution in [2.45, 2.75) is 46.6 Å². The first-order chi connectivity index (χ1) is 10.3. The lowest BCUT2D eigenvalue weighted by molar-refractivity contribution is -0.134. The molecule has 0 aliphatic carbocycles. The molecule has 6 heteroatoms. The third-order valence-electron chi connectivity index (χ3n) is 3.63. The number of hydrogen-bond donors (Lipinski definition) is 2. The Balaban J connectivity index is 0.00000484. The molecule has 0 saturated carbocycles. The van der Waals surface area contributed by atoms with Crippen LogP contribution >= 0.6 is 12.4 Å². The van der Waals surface area contributed by atoms with Crippen LogP contribution in [0.2, 0.25) is 0 Å². The van der Waals surface area contributed by atoms with Gasteiger partial charge in [0, 0.05) is 24.7 Å². The number of carbonyl (C=O) groups excluding carboxylic acids is 2. The minimum absolute atomic E-state index is 0. The van der Waals surface area contributed by atoms with Crippen LogP contribution in [0, 0.1) is 13.8 Å². The van der Waals surface area contributed by atoms with E-state index in [2.05, 4.69) is 5.32 Å². The van der Waals surface area contributed by atoms with Gasteiger partial charge in [0.1, 0.15) is 0 Å². The molecule has 0 spiro atoms. The Morgan fingerprint density at radius 3 is 2.30 bits per heavy atom. The van der Waals surface area contributed by atoms with E-state index in [9.17, 15) is 9.59 Å². The Morgan fingerprint density at radius 2 is 1.83 bits per heavy atom. The summed E-state index contributed by atoms with van der Waals surface area (Å²) < 4.78 is 0. The first-order valence-electron chi connectivity index (χ1n) is 7.74. The van der Waals surface area contributed by atoms with Gasteiger partial charge in [-0.25, -0.2) is 0 Å². The van der Waals surface area contributed by atoms with Crippen LogP contribution in [0.25, 0.3) is 0 Å². The van der Waals surface area contributed by atoms with Crippen LogP contribution in [0.5, 0.6) is 0 Å². The average molecular weight is 342 g/mol. The summed E-state index contributed by atoms with van der Waals surface area (Å²) in [6.45, 7) is 8.23. The highest BCUT2D eigenvalue weighted by molar-refractivity contribution is 5.95. The van der Waals surface area contributed by atoms with E-state index in [0.29, 0.717) is 19.4 Å². The molecule has 23 heavy (non-hydrogen) atoms. The Morgan fingerprint density at radius 1 is 1.26 bits per heavy atom. The van der Waals surface area contributed by atoms with Gasteiger partial charge in [0.15, 0.2) is 0 Å². The second-order valence-corrected chi connectivity index (χ2v) is 5.74. The van der Waals surface area contributed by atoms with Gasteiger partial charge in [-0.15, -0.1) is 12.4 Å². The Hall–Kier alpha value is -1.59. The number of halogens is 1. The molecular weight excluding hydrogens is 314 g/mol. The summed E-state index contributed by atoms with van der Waals surface area (Å²) in [6, 6.07) is 5.85. The minimum Gasteiger partial charge on any atom is -0.334 e. The monoisotopic (exact) mass is 341 g/mol. The average Bonchev–Trinajstić information content (AvgIpc) is 2.46. The molecule has 5 nitrogen and oxygen atoms in total. The number of carbonyl (C=O) groups is 2. The summed E-state index contributed by atoms with van der Waals surface area (Å²) in [4.78, 5) is 25.9. The summed E-state index contributed by atoms with van der Waals surface area (Å²) in [7, 11) is 0. The highest BCUT2D eigenvalue weighted by Gasteiger charge is 2.16. The van der Waals surface area contributed by atoms with Gasteiger partial charge >= 0.3 is 0 Å². The first kappa shape index (κ1) is 21.4. The summed E-state index contributed by atoms with van der Waals surface area (Å²) in [6.07, 6.45) is 1.01. The normalized spacial score (nSPS) is 11.3. The number of hydrogen-bond acceptors (Lipinski definition) is 3. The van der Waals surface area contributed by atoms with Gasteiger partial charge < -0.3 is 16.0 Å². The topological polar surface area (TPSA) is 75.4 Å². The molecule has 1 aromatic rings. The van der Waals surface area contributed by atoms with Crippen molar-refractivity contribution in [1.82, 2.24) is 4.90 Å². The van der Waals surface area contributed by atoms with E-state index < -0.39 is 0 Å². The van der Waals surface area contributed by atoms with Crippen molar-refractivity contribution >= 4 is 29.9 Å². The standard InChI is InChI=1S/C17H27N3O2.ClH/c1-5-20(16(22)10-9-14(4)18)11-15(21)19-17-12(2)7-6-8-13(17)3;/h6-8,14H,5,9-11,18H2,1-4H3,(H,19,21);1H. The number of rotatable bonds is 7. The van der Waals surface area contributed by atoms with Crippen molar-refractivity contribution in [3.8, 4) is 0 Å². The van der Waals surface area contributed by atoms with E-state index in [0.717, 1.165) is 16.8 Å². The van der Waals surface area contributed by atoms with E-state index in [4.69, 9.17) is 5.73 Å². The number of para-hydroxylation sites is 1. The fourth-order valence-corrected chi connectivity index (χ4v) is 2.25. The van der Waals surface area contributed by atoms with Crippen molar-refractivity contribution in [2.24, 2.45) is 5.73 Å². The third kappa shape index (κ3) is 7.01. The number of benzene rings is 1. The van der Waals surface area contributed by atoms with Crippen LogP contribution in [-0.2, 0) is 9.59 Å². The zero-order valence-electron chi connectivity index (χ0n) is 14.4. The SMILES string of the molecule is CCN(CC(=O)Nc1c(C)cccc1C)C(=O)CCC(C)N.Cl. The predicted molar refractivity (Wildman–Crippen MR) is 96.9 cm³/mol. The zero-order chi connectivity index (χ0) is 16.7. The maximum atomic E-state index is 12.2. The van der Waals surface area contributed by atoms with Crippen LogP contribution in [0.1, 0.15) is 37.8 Å². The predicted octanol–water partition coefficient (Wildman–Crippen LogP) is 2.64.